The third kappa shape index (κ3) is 5.74. The molecule has 1 saturated heterocycles. The molecule has 0 saturated carbocycles. The van der Waals surface area contributed by atoms with E-state index in [4.69, 9.17) is 0 Å². The number of carbonyl (C=O) groups excluding carboxylic acids is 1. The Morgan fingerprint density at radius 3 is 2.63 bits per heavy atom. The molecule has 1 aromatic heterocycles. The second kappa shape index (κ2) is 11.2. The number of carbonyl (C=O) groups is 1. The van der Waals surface area contributed by atoms with Crippen molar-refractivity contribution >= 4 is 45.8 Å². The molecule has 6 nitrogen and oxygen atoms in total. The van der Waals surface area contributed by atoms with Gasteiger partial charge in [-0.15, -0.1) is 11.8 Å². The maximum Gasteiger partial charge on any atom is 0.332 e. The Morgan fingerprint density at radius 1 is 1.11 bits per heavy atom. The van der Waals surface area contributed by atoms with E-state index >= 15 is 0 Å². The average Bonchev–Trinajstić information content (AvgIpc) is 3.61. The van der Waals surface area contributed by atoms with Crippen LogP contribution in [0.1, 0.15) is 43.9 Å². The van der Waals surface area contributed by atoms with Gasteiger partial charge in [0.1, 0.15) is 5.82 Å². The van der Waals surface area contributed by atoms with Crippen molar-refractivity contribution in [2.24, 2.45) is 0 Å². The molecule has 4 aromatic rings. The smallest absolute Gasteiger partial charge is 0.307 e. The van der Waals surface area contributed by atoms with E-state index in [1.807, 2.05) is 36.9 Å². The van der Waals surface area contributed by atoms with Crippen molar-refractivity contribution in [2.45, 2.75) is 46.0 Å². The molecule has 2 heterocycles. The number of fused-ring (bicyclic) bond motifs is 1. The quantitative estimate of drug-likeness (QED) is 0.262. The number of aromatic nitrogens is 2. The first-order chi connectivity index (χ1) is 18.3. The maximum absolute atomic E-state index is 13.9. The summed E-state index contributed by atoms with van der Waals surface area (Å²) in [5, 5.41) is 12.6. The van der Waals surface area contributed by atoms with Crippen molar-refractivity contribution in [3.63, 3.8) is 0 Å². The summed E-state index contributed by atoms with van der Waals surface area (Å²) in [5.41, 5.74) is 5.10. The Morgan fingerprint density at radius 2 is 1.92 bits per heavy atom. The summed E-state index contributed by atoms with van der Waals surface area (Å²) in [4.78, 5) is 18.2. The summed E-state index contributed by atoms with van der Waals surface area (Å²) in [5.74, 6) is 3.02. The number of hydrogen-bond donors (Lipinski definition) is 2. The number of anilines is 3. The number of aryl methyl sites for hydroxylation is 2. The van der Waals surface area contributed by atoms with Crippen LogP contribution in [-0.2, 0) is 11.8 Å². The molecule has 7 heteroatoms. The highest BCUT2D eigenvalue weighted by Gasteiger charge is 2.24. The highest BCUT2D eigenvalue weighted by molar-refractivity contribution is 7.99. The highest BCUT2D eigenvalue weighted by atomic mass is 32.2. The molecule has 198 valence electrons. The minimum Gasteiger partial charge on any atom is -0.307 e. The Bertz CT molecular complexity index is 1400. The summed E-state index contributed by atoms with van der Waals surface area (Å²) < 4.78 is 0. The Hall–Kier alpha value is -3.29. The average molecular weight is 528 g/mol. The first-order valence-electron chi connectivity index (χ1n) is 13.3. The minimum atomic E-state index is -0.229. The normalized spacial score (nSPS) is 14.2. The lowest BCUT2D eigenvalue weighted by molar-refractivity contribution is 0.259. The number of benzene rings is 3. The molecule has 1 fully saturated rings. The van der Waals surface area contributed by atoms with E-state index in [0.29, 0.717) is 5.82 Å². The van der Waals surface area contributed by atoms with Crippen molar-refractivity contribution in [3.05, 3.63) is 83.6 Å². The van der Waals surface area contributed by atoms with Gasteiger partial charge in [0.15, 0.2) is 0 Å². The topological polar surface area (TPSA) is 64.3 Å². The van der Waals surface area contributed by atoms with Gasteiger partial charge in [0.25, 0.3) is 0 Å². The number of nitrogens with one attached hydrogen (secondary N) is 2. The Kier molecular flexibility index (Phi) is 7.77. The first kappa shape index (κ1) is 26.3. The number of hydrogen-bond acceptors (Lipinski definition) is 4. The van der Waals surface area contributed by atoms with Gasteiger partial charge in [-0.2, -0.15) is 5.10 Å². The SMILES string of the molecule is Cc1ccc(C(C)(C)C)cc1N(C(=O)Nc1ccc(CCCN2CCSC2)c2ccccc12)c1ccn[nH]1. The summed E-state index contributed by atoms with van der Waals surface area (Å²) in [6.45, 7) is 10.9. The molecule has 0 bridgehead atoms. The molecule has 0 atom stereocenters. The van der Waals surface area contributed by atoms with Crippen molar-refractivity contribution in [2.75, 3.05) is 34.9 Å². The van der Waals surface area contributed by atoms with Gasteiger partial charge < -0.3 is 5.32 Å². The van der Waals surface area contributed by atoms with Crippen molar-refractivity contribution in [3.8, 4) is 0 Å². The predicted octanol–water partition coefficient (Wildman–Crippen LogP) is 7.48. The van der Waals surface area contributed by atoms with Crippen LogP contribution in [0, 0.1) is 6.92 Å². The van der Waals surface area contributed by atoms with Crippen molar-refractivity contribution in [1.29, 1.82) is 0 Å². The molecule has 1 aliphatic heterocycles. The van der Waals surface area contributed by atoms with Crippen LogP contribution in [0.4, 0.5) is 22.0 Å². The summed E-state index contributed by atoms with van der Waals surface area (Å²) in [7, 11) is 0. The van der Waals surface area contributed by atoms with E-state index in [9.17, 15) is 4.79 Å². The first-order valence-corrected chi connectivity index (χ1v) is 14.5. The fraction of sp³-hybridized carbons (Fsp3) is 0.355. The lowest BCUT2D eigenvalue weighted by Gasteiger charge is -2.27. The summed E-state index contributed by atoms with van der Waals surface area (Å²) >= 11 is 2.02. The Balaban J connectivity index is 1.44. The number of H-pyrrole nitrogens is 1. The van der Waals surface area contributed by atoms with Crippen molar-refractivity contribution in [1.82, 2.24) is 15.1 Å². The van der Waals surface area contributed by atoms with Gasteiger partial charge in [0, 0.05) is 29.6 Å². The van der Waals surface area contributed by atoms with E-state index in [-0.39, 0.29) is 11.4 Å². The summed E-state index contributed by atoms with van der Waals surface area (Å²) in [6, 6.07) is 20.5. The molecular weight excluding hydrogens is 490 g/mol. The largest absolute Gasteiger partial charge is 0.332 e. The van der Waals surface area contributed by atoms with Gasteiger partial charge in [0.05, 0.1) is 17.6 Å². The molecule has 0 unspecified atom stereocenters. The molecule has 38 heavy (non-hydrogen) atoms. The number of aromatic amines is 1. The number of amides is 2. The second-order valence-corrected chi connectivity index (χ2v) is 12.1. The van der Waals surface area contributed by atoms with Crippen molar-refractivity contribution < 1.29 is 4.79 Å². The number of urea groups is 1. The fourth-order valence-corrected chi connectivity index (χ4v) is 6.05. The van der Waals surface area contributed by atoms with Crippen LogP contribution in [0.25, 0.3) is 10.8 Å². The lowest BCUT2D eigenvalue weighted by Crippen LogP contribution is -2.32. The molecule has 0 radical (unpaired) electrons. The minimum absolute atomic E-state index is 0.0434. The zero-order valence-electron chi connectivity index (χ0n) is 22.8. The molecule has 1 aliphatic rings. The fourth-order valence-electron chi connectivity index (χ4n) is 5.02. The zero-order chi connectivity index (χ0) is 26.7. The molecule has 2 amide bonds. The predicted molar refractivity (Wildman–Crippen MR) is 161 cm³/mol. The van der Waals surface area contributed by atoms with E-state index in [2.05, 4.69) is 83.6 Å². The van der Waals surface area contributed by atoms with Gasteiger partial charge in [-0.1, -0.05) is 63.2 Å². The molecule has 2 N–H and O–H groups in total. The van der Waals surface area contributed by atoms with Gasteiger partial charge in [-0.25, -0.2) is 9.69 Å². The van der Waals surface area contributed by atoms with E-state index in [1.54, 1.807) is 11.1 Å². The van der Waals surface area contributed by atoms with Crippen LogP contribution in [0.15, 0.2) is 66.9 Å². The third-order valence-corrected chi connectivity index (χ3v) is 8.27. The molecule has 0 spiro atoms. The van der Waals surface area contributed by atoms with Gasteiger partial charge in [0.2, 0.25) is 0 Å². The molecular formula is C31H37N5OS. The molecule has 5 rings (SSSR count). The highest BCUT2D eigenvalue weighted by Crippen LogP contribution is 2.34. The van der Waals surface area contributed by atoms with Gasteiger partial charge in [-0.05, 0) is 65.9 Å². The number of thioether (sulfide) groups is 1. The van der Waals surface area contributed by atoms with Gasteiger partial charge in [-0.3, -0.25) is 10.00 Å². The number of rotatable bonds is 7. The van der Waals surface area contributed by atoms with Crippen LogP contribution >= 0.6 is 11.8 Å². The zero-order valence-corrected chi connectivity index (χ0v) is 23.6. The van der Waals surface area contributed by atoms with E-state index in [1.165, 1.54) is 23.2 Å². The van der Waals surface area contributed by atoms with E-state index < -0.39 is 0 Å². The standard InChI is InChI=1S/C31H37N5OS/c1-22-11-13-24(31(2,3)4)20-28(22)36(29-15-16-32-34-29)30(37)33-27-14-12-23(25-9-5-6-10-26(25)27)8-7-17-35-18-19-38-21-35/h5-6,9-16,20H,7-8,17-19,21H2,1-4H3,(H,32,34)(H,33,37). The van der Waals surface area contributed by atoms with Crippen LogP contribution in [-0.4, -0.2) is 45.8 Å². The maximum atomic E-state index is 13.9. The van der Waals surface area contributed by atoms with Crippen LogP contribution < -0.4 is 10.2 Å². The van der Waals surface area contributed by atoms with Gasteiger partial charge >= 0.3 is 6.03 Å². The molecule has 0 aliphatic carbocycles. The summed E-state index contributed by atoms with van der Waals surface area (Å²) in [6.07, 6.45) is 3.83. The molecule has 3 aromatic carbocycles. The Labute approximate surface area is 229 Å². The van der Waals surface area contributed by atoms with Crippen LogP contribution in [0.5, 0.6) is 0 Å². The van der Waals surface area contributed by atoms with E-state index in [0.717, 1.165) is 53.2 Å². The monoisotopic (exact) mass is 527 g/mol. The van der Waals surface area contributed by atoms with Crippen LogP contribution in [0.3, 0.4) is 0 Å². The second-order valence-electron chi connectivity index (χ2n) is 11.0. The number of nitrogens with zero attached hydrogens (tertiary/aromatic N) is 3. The lowest BCUT2D eigenvalue weighted by atomic mass is 9.86. The van der Waals surface area contributed by atoms with Crippen LogP contribution in [0.2, 0.25) is 0 Å². The third-order valence-electron chi connectivity index (χ3n) is 7.25.